The summed E-state index contributed by atoms with van der Waals surface area (Å²) in [5.41, 5.74) is 11.5. The zero-order chi connectivity index (χ0) is 30.6. The summed E-state index contributed by atoms with van der Waals surface area (Å²) >= 11 is 0. The predicted molar refractivity (Wildman–Crippen MR) is 189 cm³/mol. The molecule has 214 valence electrons. The van der Waals surface area contributed by atoms with Gasteiger partial charge in [-0.1, -0.05) is 91.0 Å². The van der Waals surface area contributed by atoms with Crippen LogP contribution >= 0.6 is 0 Å². The summed E-state index contributed by atoms with van der Waals surface area (Å²) in [5.74, 6) is 0. The molecule has 4 heteroatoms. The van der Waals surface area contributed by atoms with E-state index in [0.717, 1.165) is 55.7 Å². The monoisotopic (exact) mass is 586 g/mol. The van der Waals surface area contributed by atoms with E-state index < -0.39 is 0 Å². The molecular weight excluding hydrogens is 560 g/mol. The Bertz CT molecular complexity index is 2430. The Morgan fingerprint density at radius 3 is 1.59 bits per heavy atom. The van der Waals surface area contributed by atoms with E-state index in [0.29, 0.717) is 5.56 Å². The molecule has 0 N–H and O–H groups in total. The third kappa shape index (κ3) is 3.96. The second kappa shape index (κ2) is 10.3. The lowest BCUT2D eigenvalue weighted by Gasteiger charge is -2.17. The van der Waals surface area contributed by atoms with Gasteiger partial charge in [-0.3, -0.25) is 4.98 Å². The molecule has 46 heavy (non-hydrogen) atoms. The second-order valence-corrected chi connectivity index (χ2v) is 11.6. The van der Waals surface area contributed by atoms with Gasteiger partial charge in [0.2, 0.25) is 0 Å². The molecule has 0 atom stereocenters. The van der Waals surface area contributed by atoms with Crippen LogP contribution in [0.1, 0.15) is 5.56 Å². The molecular formula is C42H26N4. The van der Waals surface area contributed by atoms with Gasteiger partial charge in [0.25, 0.3) is 0 Å². The first-order valence-corrected chi connectivity index (χ1v) is 15.4. The van der Waals surface area contributed by atoms with Crippen LogP contribution in [0.2, 0.25) is 0 Å². The molecule has 0 aliphatic carbocycles. The average molecular weight is 587 g/mol. The van der Waals surface area contributed by atoms with Crippen LogP contribution in [0.5, 0.6) is 0 Å². The van der Waals surface area contributed by atoms with Gasteiger partial charge in [0.15, 0.2) is 0 Å². The molecule has 0 amide bonds. The summed E-state index contributed by atoms with van der Waals surface area (Å²) in [4.78, 5) is 4.55. The molecule has 3 heterocycles. The number of pyridine rings is 1. The summed E-state index contributed by atoms with van der Waals surface area (Å²) in [6.07, 6.45) is 3.83. The van der Waals surface area contributed by atoms with Gasteiger partial charge in [0.1, 0.15) is 0 Å². The Kier molecular flexibility index (Phi) is 5.84. The van der Waals surface area contributed by atoms with Gasteiger partial charge in [0, 0.05) is 39.1 Å². The van der Waals surface area contributed by atoms with E-state index in [4.69, 9.17) is 0 Å². The van der Waals surface area contributed by atoms with Crippen molar-refractivity contribution < 1.29 is 0 Å². The number of aromatic nitrogens is 3. The highest BCUT2D eigenvalue weighted by Gasteiger charge is 2.18. The van der Waals surface area contributed by atoms with Crippen molar-refractivity contribution in [3.05, 3.63) is 164 Å². The topological polar surface area (TPSA) is 46.5 Å². The Morgan fingerprint density at radius 2 is 0.978 bits per heavy atom. The van der Waals surface area contributed by atoms with Crippen LogP contribution in [-0.4, -0.2) is 14.1 Å². The predicted octanol–water partition coefficient (Wildman–Crippen LogP) is 10.5. The minimum absolute atomic E-state index is 0.643. The van der Waals surface area contributed by atoms with Crippen molar-refractivity contribution in [1.82, 2.24) is 14.1 Å². The van der Waals surface area contributed by atoms with Gasteiger partial charge in [-0.05, 0) is 76.9 Å². The second-order valence-electron chi connectivity index (χ2n) is 11.6. The van der Waals surface area contributed by atoms with E-state index in [1.165, 1.54) is 21.5 Å². The quantitative estimate of drug-likeness (QED) is 0.206. The molecule has 0 saturated carbocycles. The number of hydrogen-bond acceptors (Lipinski definition) is 2. The number of fused-ring (bicyclic) bond motifs is 6. The Labute approximate surface area is 265 Å². The van der Waals surface area contributed by atoms with E-state index in [9.17, 15) is 5.26 Å². The molecule has 0 bridgehead atoms. The highest BCUT2D eigenvalue weighted by atomic mass is 15.0. The van der Waals surface area contributed by atoms with E-state index >= 15 is 0 Å². The Hall–Kier alpha value is -6.44. The number of rotatable bonds is 4. The molecule has 3 aromatic heterocycles. The first kappa shape index (κ1) is 26.0. The molecule has 0 saturated heterocycles. The van der Waals surface area contributed by atoms with Crippen molar-refractivity contribution in [2.24, 2.45) is 0 Å². The van der Waals surface area contributed by atoms with Gasteiger partial charge < -0.3 is 9.13 Å². The number of hydrogen-bond donors (Lipinski definition) is 0. The largest absolute Gasteiger partial charge is 0.309 e. The molecule has 0 unspecified atom stereocenters. The van der Waals surface area contributed by atoms with Crippen molar-refractivity contribution in [2.75, 3.05) is 0 Å². The first-order chi connectivity index (χ1) is 22.8. The van der Waals surface area contributed by atoms with Crippen LogP contribution in [0.4, 0.5) is 0 Å². The minimum atomic E-state index is 0.643. The number of para-hydroxylation sites is 3. The van der Waals surface area contributed by atoms with Crippen molar-refractivity contribution in [2.45, 2.75) is 0 Å². The van der Waals surface area contributed by atoms with Gasteiger partial charge >= 0.3 is 0 Å². The molecule has 9 rings (SSSR count). The number of nitriles is 1. The standard InChI is InChI=1S/C42H26N4/c43-26-28-10-9-11-29(22-28)33-12-1-2-13-34(33)30-23-31(45-39-17-6-3-14-35(39)36-15-4-7-18-40(36)45)25-32(24-30)46-41-19-8-5-16-37(41)38-20-21-44-27-42(38)46/h1-25,27H. The lowest BCUT2D eigenvalue weighted by atomic mass is 9.93. The van der Waals surface area contributed by atoms with Crippen LogP contribution in [0.25, 0.3) is 77.2 Å². The van der Waals surface area contributed by atoms with Crippen LogP contribution in [0.15, 0.2) is 158 Å². The number of nitrogens with zero attached hydrogens (tertiary/aromatic N) is 4. The van der Waals surface area contributed by atoms with Crippen LogP contribution in [0.3, 0.4) is 0 Å². The Morgan fingerprint density at radius 1 is 0.457 bits per heavy atom. The average Bonchev–Trinajstić information content (AvgIpc) is 3.65. The zero-order valence-electron chi connectivity index (χ0n) is 24.8. The zero-order valence-corrected chi connectivity index (χ0v) is 24.8. The van der Waals surface area contributed by atoms with Crippen molar-refractivity contribution in [1.29, 1.82) is 5.26 Å². The number of benzene rings is 6. The normalized spacial score (nSPS) is 11.5. The van der Waals surface area contributed by atoms with E-state index in [2.05, 4.69) is 148 Å². The smallest absolute Gasteiger partial charge is 0.0991 e. The molecule has 0 aliphatic rings. The molecule has 9 aromatic rings. The summed E-state index contributed by atoms with van der Waals surface area (Å²) in [7, 11) is 0. The highest BCUT2D eigenvalue weighted by molar-refractivity contribution is 6.10. The molecule has 0 aliphatic heterocycles. The Balaban J connectivity index is 1.40. The van der Waals surface area contributed by atoms with Gasteiger partial charge in [-0.25, -0.2) is 0 Å². The highest BCUT2D eigenvalue weighted by Crippen LogP contribution is 2.39. The van der Waals surface area contributed by atoms with Crippen LogP contribution in [-0.2, 0) is 0 Å². The van der Waals surface area contributed by atoms with E-state index in [1.54, 1.807) is 0 Å². The van der Waals surface area contributed by atoms with Crippen molar-refractivity contribution in [3.63, 3.8) is 0 Å². The van der Waals surface area contributed by atoms with E-state index in [-0.39, 0.29) is 0 Å². The molecule has 4 nitrogen and oxygen atoms in total. The van der Waals surface area contributed by atoms with Crippen LogP contribution < -0.4 is 0 Å². The third-order valence-electron chi connectivity index (χ3n) is 9.02. The maximum atomic E-state index is 9.66. The van der Waals surface area contributed by atoms with Crippen molar-refractivity contribution >= 4 is 43.6 Å². The summed E-state index contributed by atoms with van der Waals surface area (Å²) < 4.78 is 4.71. The van der Waals surface area contributed by atoms with Crippen molar-refractivity contribution in [3.8, 4) is 39.7 Å². The van der Waals surface area contributed by atoms with Crippen LogP contribution in [0, 0.1) is 11.3 Å². The molecule has 0 spiro atoms. The third-order valence-corrected chi connectivity index (χ3v) is 9.02. The lowest BCUT2D eigenvalue weighted by Crippen LogP contribution is -2.00. The fourth-order valence-electron chi connectivity index (χ4n) is 7.05. The first-order valence-electron chi connectivity index (χ1n) is 15.4. The van der Waals surface area contributed by atoms with Gasteiger partial charge in [0.05, 0.1) is 39.9 Å². The fraction of sp³-hybridized carbons (Fsp3) is 0. The maximum Gasteiger partial charge on any atom is 0.0991 e. The summed E-state index contributed by atoms with van der Waals surface area (Å²) in [5, 5.41) is 14.5. The summed E-state index contributed by atoms with van der Waals surface area (Å²) in [6, 6.07) is 53.4. The summed E-state index contributed by atoms with van der Waals surface area (Å²) in [6.45, 7) is 0. The molecule has 6 aromatic carbocycles. The molecule has 0 radical (unpaired) electrons. The maximum absolute atomic E-state index is 9.66. The minimum Gasteiger partial charge on any atom is -0.309 e. The SMILES string of the molecule is N#Cc1cccc(-c2ccccc2-c2cc(-n3c4ccccc4c4ccccc43)cc(-n3c4ccccc4c4ccncc43)c2)c1. The van der Waals surface area contributed by atoms with E-state index in [1.807, 2.05) is 30.6 Å². The lowest BCUT2D eigenvalue weighted by molar-refractivity contribution is 1.13. The van der Waals surface area contributed by atoms with Gasteiger partial charge in [-0.2, -0.15) is 5.26 Å². The fourth-order valence-corrected chi connectivity index (χ4v) is 7.05. The molecule has 0 fully saturated rings. The van der Waals surface area contributed by atoms with Gasteiger partial charge in [-0.15, -0.1) is 0 Å².